The molecule has 0 spiro atoms. The number of hydrogen-bond acceptors (Lipinski definition) is 6. The summed E-state index contributed by atoms with van der Waals surface area (Å²) < 4.78 is 39.0. The summed E-state index contributed by atoms with van der Waals surface area (Å²) in [6.07, 6.45) is 0. The summed E-state index contributed by atoms with van der Waals surface area (Å²) in [5.74, 6) is -2.84. The largest absolute Gasteiger partial charge is 0.324 e. The highest BCUT2D eigenvalue weighted by Gasteiger charge is 2.45. The normalized spacial score (nSPS) is 15.9. The van der Waals surface area contributed by atoms with Crippen LogP contribution in [0.4, 0.5) is 15.8 Å². The van der Waals surface area contributed by atoms with Gasteiger partial charge in [-0.15, -0.1) is 0 Å². The van der Waals surface area contributed by atoms with E-state index < -0.39 is 44.3 Å². The first-order valence-electron chi connectivity index (χ1n) is 7.57. The molecule has 1 atom stereocenters. The number of carbonyl (C=O) groups is 2. The molecule has 0 aliphatic carbocycles. The second-order valence-corrected chi connectivity index (χ2v) is 7.47. The molecule has 2 aromatic rings. The fraction of sp³-hybridized carbons (Fsp3) is 0.125. The summed E-state index contributed by atoms with van der Waals surface area (Å²) in [7, 11) is -4.21. The predicted molar refractivity (Wildman–Crippen MR) is 90.9 cm³/mol. The van der Waals surface area contributed by atoms with Gasteiger partial charge >= 0.3 is 5.69 Å². The lowest BCUT2D eigenvalue weighted by Crippen LogP contribution is -2.45. The maximum atomic E-state index is 13.4. The van der Waals surface area contributed by atoms with Gasteiger partial charge in [0.2, 0.25) is 11.7 Å². The zero-order valence-electron chi connectivity index (χ0n) is 13.7. The Kier molecular flexibility index (Phi) is 4.39. The fourth-order valence-electron chi connectivity index (χ4n) is 2.67. The summed E-state index contributed by atoms with van der Waals surface area (Å²) in [4.78, 5) is 34.5. The number of hydrogen-bond donors (Lipinski definition) is 1. The monoisotopic (exact) mass is 393 g/mol. The molecule has 0 unspecified atom stereocenters. The van der Waals surface area contributed by atoms with Crippen LogP contribution in [0, 0.1) is 15.9 Å². The summed E-state index contributed by atoms with van der Waals surface area (Å²) in [6, 6.07) is 6.80. The third-order valence-electron chi connectivity index (χ3n) is 4.00. The van der Waals surface area contributed by atoms with Gasteiger partial charge in [-0.05, 0) is 31.2 Å². The van der Waals surface area contributed by atoms with E-state index >= 15 is 0 Å². The SMILES string of the molecule is C[C@H](C(=O)Nc1ccc(F)c([N+](=O)[O-])c1)N1C(=O)c2ccccc2S1(=O)=O. The number of amides is 2. The number of fused-ring (bicyclic) bond motifs is 1. The molecular weight excluding hydrogens is 381 g/mol. The molecule has 11 heteroatoms. The third kappa shape index (κ3) is 3.01. The van der Waals surface area contributed by atoms with Gasteiger partial charge in [0.25, 0.3) is 15.9 Å². The van der Waals surface area contributed by atoms with Crippen LogP contribution in [0.3, 0.4) is 0 Å². The van der Waals surface area contributed by atoms with Crippen LogP contribution < -0.4 is 5.32 Å². The zero-order chi connectivity index (χ0) is 19.9. The molecule has 1 N–H and O–H groups in total. The topological polar surface area (TPSA) is 127 Å². The quantitative estimate of drug-likeness (QED) is 0.624. The van der Waals surface area contributed by atoms with Gasteiger partial charge in [0, 0.05) is 11.8 Å². The number of nitro groups is 1. The van der Waals surface area contributed by atoms with E-state index in [2.05, 4.69) is 5.32 Å². The van der Waals surface area contributed by atoms with Crippen molar-refractivity contribution in [2.45, 2.75) is 17.9 Å². The Morgan fingerprint density at radius 3 is 2.56 bits per heavy atom. The van der Waals surface area contributed by atoms with Gasteiger partial charge < -0.3 is 5.32 Å². The van der Waals surface area contributed by atoms with Crippen molar-refractivity contribution in [3.63, 3.8) is 0 Å². The molecule has 27 heavy (non-hydrogen) atoms. The molecule has 1 aliphatic heterocycles. The number of nitrogens with one attached hydrogen (secondary N) is 1. The number of sulfonamides is 1. The number of halogens is 1. The number of carbonyl (C=O) groups excluding carboxylic acids is 2. The Bertz CT molecular complexity index is 1090. The van der Waals surface area contributed by atoms with Crippen molar-refractivity contribution in [3.05, 3.63) is 64.0 Å². The minimum absolute atomic E-state index is 0.0467. The first-order valence-corrected chi connectivity index (χ1v) is 9.01. The zero-order valence-corrected chi connectivity index (χ0v) is 14.6. The van der Waals surface area contributed by atoms with Crippen LogP contribution in [0.1, 0.15) is 17.3 Å². The van der Waals surface area contributed by atoms with Crippen LogP contribution in [0.2, 0.25) is 0 Å². The maximum absolute atomic E-state index is 13.4. The standard InChI is InChI=1S/C16H12FN3O6S/c1-9(15(21)18-10-6-7-12(17)13(8-10)20(23)24)19-16(22)11-4-2-3-5-14(11)27(19,25)26/h2-9H,1H3,(H,18,21)/t9-/m1/s1. The highest BCUT2D eigenvalue weighted by molar-refractivity contribution is 7.90. The van der Waals surface area contributed by atoms with Crippen molar-refractivity contribution in [1.29, 1.82) is 0 Å². The van der Waals surface area contributed by atoms with E-state index in [0.29, 0.717) is 4.31 Å². The molecule has 2 amide bonds. The second kappa shape index (κ2) is 6.43. The molecule has 140 valence electrons. The van der Waals surface area contributed by atoms with Gasteiger partial charge in [-0.2, -0.15) is 4.39 Å². The smallest absolute Gasteiger partial charge is 0.306 e. The maximum Gasteiger partial charge on any atom is 0.306 e. The van der Waals surface area contributed by atoms with Crippen molar-refractivity contribution in [2.75, 3.05) is 5.32 Å². The first-order chi connectivity index (χ1) is 12.6. The minimum Gasteiger partial charge on any atom is -0.324 e. The molecule has 0 saturated carbocycles. The molecule has 0 bridgehead atoms. The predicted octanol–water partition coefficient (Wildman–Crippen LogP) is 1.91. The van der Waals surface area contributed by atoms with Gasteiger partial charge in [0.15, 0.2) is 0 Å². The molecule has 9 nitrogen and oxygen atoms in total. The van der Waals surface area contributed by atoms with Crippen molar-refractivity contribution in [1.82, 2.24) is 4.31 Å². The van der Waals surface area contributed by atoms with E-state index in [1.807, 2.05) is 0 Å². The molecule has 3 rings (SSSR count). The van der Waals surface area contributed by atoms with Crippen LogP contribution >= 0.6 is 0 Å². The fourth-order valence-corrected chi connectivity index (χ4v) is 4.39. The van der Waals surface area contributed by atoms with Gasteiger partial charge in [-0.3, -0.25) is 19.7 Å². The van der Waals surface area contributed by atoms with Crippen LogP contribution in [0.15, 0.2) is 47.4 Å². The van der Waals surface area contributed by atoms with E-state index in [9.17, 15) is 32.5 Å². The Morgan fingerprint density at radius 1 is 1.26 bits per heavy atom. The van der Waals surface area contributed by atoms with Crippen LogP contribution in [-0.4, -0.2) is 35.5 Å². The summed E-state index contributed by atoms with van der Waals surface area (Å²) >= 11 is 0. The Morgan fingerprint density at radius 2 is 1.93 bits per heavy atom. The summed E-state index contributed by atoms with van der Waals surface area (Å²) in [6.45, 7) is 1.20. The number of nitrogens with zero attached hydrogens (tertiary/aromatic N) is 2. The Hall–Kier alpha value is -3.34. The third-order valence-corrected chi connectivity index (χ3v) is 5.91. The highest BCUT2D eigenvalue weighted by Crippen LogP contribution is 2.32. The molecule has 0 aromatic heterocycles. The van der Waals surface area contributed by atoms with Crippen LogP contribution in [0.5, 0.6) is 0 Å². The van der Waals surface area contributed by atoms with E-state index in [1.54, 1.807) is 0 Å². The van der Waals surface area contributed by atoms with E-state index in [0.717, 1.165) is 18.2 Å². The molecule has 0 radical (unpaired) electrons. The van der Waals surface area contributed by atoms with E-state index in [-0.39, 0.29) is 16.1 Å². The molecule has 0 saturated heterocycles. The number of nitro benzene ring substituents is 1. The summed E-state index contributed by atoms with van der Waals surface area (Å²) in [5.41, 5.74) is -1.01. The molecule has 2 aromatic carbocycles. The lowest BCUT2D eigenvalue weighted by molar-refractivity contribution is -0.387. The lowest BCUT2D eigenvalue weighted by atomic mass is 10.2. The average molecular weight is 393 g/mol. The molecular formula is C16H12FN3O6S. The number of rotatable bonds is 4. The van der Waals surface area contributed by atoms with Gasteiger partial charge in [-0.25, -0.2) is 12.7 Å². The van der Waals surface area contributed by atoms with E-state index in [4.69, 9.17) is 0 Å². The van der Waals surface area contributed by atoms with Crippen molar-refractivity contribution in [2.24, 2.45) is 0 Å². The molecule has 1 heterocycles. The average Bonchev–Trinajstić information content (AvgIpc) is 2.82. The second-order valence-electron chi connectivity index (χ2n) is 5.69. The minimum atomic E-state index is -4.21. The van der Waals surface area contributed by atoms with Crippen LogP contribution in [-0.2, 0) is 14.8 Å². The number of anilines is 1. The highest BCUT2D eigenvalue weighted by atomic mass is 32.2. The Labute approximate surface area is 152 Å². The lowest BCUT2D eigenvalue weighted by Gasteiger charge is -2.22. The van der Waals surface area contributed by atoms with Gasteiger partial charge in [0.05, 0.1) is 10.5 Å². The van der Waals surface area contributed by atoms with Gasteiger partial charge in [0.1, 0.15) is 10.9 Å². The summed E-state index contributed by atoms with van der Waals surface area (Å²) in [5, 5.41) is 13.0. The van der Waals surface area contributed by atoms with Crippen molar-refractivity contribution in [3.8, 4) is 0 Å². The number of benzene rings is 2. The Balaban J connectivity index is 1.88. The van der Waals surface area contributed by atoms with Crippen molar-refractivity contribution < 1.29 is 27.3 Å². The first kappa shape index (κ1) is 18.5. The van der Waals surface area contributed by atoms with Gasteiger partial charge in [-0.1, -0.05) is 12.1 Å². The van der Waals surface area contributed by atoms with E-state index in [1.165, 1.54) is 31.2 Å². The molecule has 1 aliphatic rings. The van der Waals surface area contributed by atoms with Crippen LogP contribution in [0.25, 0.3) is 0 Å². The van der Waals surface area contributed by atoms with Crippen molar-refractivity contribution >= 4 is 33.2 Å². The molecule has 0 fully saturated rings.